The van der Waals surface area contributed by atoms with E-state index in [4.69, 9.17) is 4.74 Å². The Hall–Kier alpha value is -0.710. The quantitative estimate of drug-likeness (QED) is 0.787. The Morgan fingerprint density at radius 3 is 2.88 bits per heavy atom. The van der Waals surface area contributed by atoms with Crippen LogP contribution >= 0.6 is 11.8 Å². The molecule has 0 aromatic heterocycles. The Kier molecular flexibility index (Phi) is 5.16. The van der Waals surface area contributed by atoms with Crippen LogP contribution in [0.25, 0.3) is 0 Å². The summed E-state index contributed by atoms with van der Waals surface area (Å²) in [7, 11) is 0. The zero-order valence-electron chi connectivity index (χ0n) is 10.2. The van der Waals surface area contributed by atoms with Gasteiger partial charge in [0.1, 0.15) is 0 Å². The number of benzene rings is 1. The molecule has 1 fully saturated rings. The van der Waals surface area contributed by atoms with Gasteiger partial charge in [-0.2, -0.15) is 0 Å². The van der Waals surface area contributed by atoms with E-state index in [1.807, 2.05) is 0 Å². The first-order chi connectivity index (χ1) is 8.38. The van der Waals surface area contributed by atoms with Crippen LogP contribution in [0.4, 0.5) is 5.69 Å². The fourth-order valence-corrected chi connectivity index (χ4v) is 2.31. The summed E-state index contributed by atoms with van der Waals surface area (Å²) in [5.74, 6) is 0. The van der Waals surface area contributed by atoms with Crippen molar-refractivity contribution >= 4 is 17.4 Å². The van der Waals surface area contributed by atoms with Gasteiger partial charge in [0, 0.05) is 29.7 Å². The molecule has 1 heterocycles. The second kappa shape index (κ2) is 6.89. The van der Waals surface area contributed by atoms with Gasteiger partial charge in [-0.3, -0.25) is 0 Å². The summed E-state index contributed by atoms with van der Waals surface area (Å²) in [6, 6.07) is 9.07. The summed E-state index contributed by atoms with van der Waals surface area (Å²) in [4.78, 5) is 1.30. The van der Waals surface area contributed by atoms with Crippen molar-refractivity contribution in [1.82, 2.24) is 5.32 Å². The molecule has 1 aromatic carbocycles. The van der Waals surface area contributed by atoms with Crippen LogP contribution in [0.2, 0.25) is 0 Å². The Balaban J connectivity index is 1.69. The molecule has 94 valence electrons. The van der Waals surface area contributed by atoms with E-state index in [-0.39, 0.29) is 0 Å². The molecule has 3 nitrogen and oxygen atoms in total. The van der Waals surface area contributed by atoms with E-state index in [1.54, 1.807) is 11.8 Å². The number of ether oxygens (including phenoxy) is 1. The Labute approximate surface area is 107 Å². The van der Waals surface area contributed by atoms with Gasteiger partial charge in [-0.25, -0.2) is 0 Å². The van der Waals surface area contributed by atoms with E-state index in [1.165, 1.54) is 10.6 Å². The minimum absolute atomic E-state index is 0.502. The summed E-state index contributed by atoms with van der Waals surface area (Å²) in [6.45, 7) is 3.65. The highest BCUT2D eigenvalue weighted by molar-refractivity contribution is 7.98. The molecule has 0 spiro atoms. The van der Waals surface area contributed by atoms with Gasteiger partial charge in [-0.05, 0) is 36.9 Å². The highest BCUT2D eigenvalue weighted by atomic mass is 32.2. The molecule has 0 radical (unpaired) electrons. The average molecular weight is 252 g/mol. The highest BCUT2D eigenvalue weighted by Crippen LogP contribution is 2.17. The SMILES string of the molecule is CSc1ccc(NCCC2COCCN2)cc1. The molecule has 2 N–H and O–H groups in total. The van der Waals surface area contributed by atoms with Crippen molar-refractivity contribution < 1.29 is 4.74 Å². The van der Waals surface area contributed by atoms with Crippen LogP contribution in [0.5, 0.6) is 0 Å². The van der Waals surface area contributed by atoms with Gasteiger partial charge >= 0.3 is 0 Å². The van der Waals surface area contributed by atoms with Crippen molar-refractivity contribution in [3.05, 3.63) is 24.3 Å². The topological polar surface area (TPSA) is 33.3 Å². The molecule has 17 heavy (non-hydrogen) atoms. The van der Waals surface area contributed by atoms with Crippen molar-refractivity contribution in [3.63, 3.8) is 0 Å². The lowest BCUT2D eigenvalue weighted by Crippen LogP contribution is -2.42. The van der Waals surface area contributed by atoms with Crippen molar-refractivity contribution in [2.75, 3.05) is 37.9 Å². The first-order valence-electron chi connectivity index (χ1n) is 6.07. The van der Waals surface area contributed by atoms with Gasteiger partial charge in [0.2, 0.25) is 0 Å². The molecule has 1 unspecified atom stereocenters. The average Bonchev–Trinajstić information content (AvgIpc) is 2.41. The monoisotopic (exact) mass is 252 g/mol. The van der Waals surface area contributed by atoms with E-state index in [0.717, 1.165) is 32.7 Å². The van der Waals surface area contributed by atoms with Crippen LogP contribution in [0, 0.1) is 0 Å². The number of hydrogen-bond acceptors (Lipinski definition) is 4. The zero-order chi connectivity index (χ0) is 11.9. The van der Waals surface area contributed by atoms with Gasteiger partial charge in [0.15, 0.2) is 0 Å². The summed E-state index contributed by atoms with van der Waals surface area (Å²) >= 11 is 1.77. The number of anilines is 1. The summed E-state index contributed by atoms with van der Waals surface area (Å²) in [5, 5.41) is 6.89. The summed E-state index contributed by atoms with van der Waals surface area (Å²) < 4.78 is 5.42. The maximum absolute atomic E-state index is 5.42. The molecule has 0 aliphatic carbocycles. The van der Waals surface area contributed by atoms with Crippen LogP contribution in [0.15, 0.2) is 29.2 Å². The lowest BCUT2D eigenvalue weighted by molar-refractivity contribution is 0.0753. The fraction of sp³-hybridized carbons (Fsp3) is 0.538. The van der Waals surface area contributed by atoms with Crippen molar-refractivity contribution in [2.24, 2.45) is 0 Å². The lowest BCUT2D eigenvalue weighted by Gasteiger charge is -2.23. The van der Waals surface area contributed by atoms with E-state index < -0.39 is 0 Å². The highest BCUT2D eigenvalue weighted by Gasteiger charge is 2.11. The number of hydrogen-bond donors (Lipinski definition) is 2. The van der Waals surface area contributed by atoms with Gasteiger partial charge < -0.3 is 15.4 Å². The maximum atomic E-state index is 5.42. The molecule has 1 aliphatic heterocycles. The molecule has 1 atom stereocenters. The first-order valence-corrected chi connectivity index (χ1v) is 7.30. The maximum Gasteiger partial charge on any atom is 0.0620 e. The predicted octanol–water partition coefficient (Wildman–Crippen LogP) is 2.20. The minimum atomic E-state index is 0.502. The van der Waals surface area contributed by atoms with Crippen LogP contribution in [0.3, 0.4) is 0 Å². The molecular weight excluding hydrogens is 232 g/mol. The Morgan fingerprint density at radius 1 is 1.41 bits per heavy atom. The Bertz CT molecular complexity index is 323. The molecule has 0 amide bonds. The van der Waals surface area contributed by atoms with E-state index >= 15 is 0 Å². The summed E-state index contributed by atoms with van der Waals surface area (Å²) in [6.07, 6.45) is 3.20. The molecular formula is C13H20N2OS. The van der Waals surface area contributed by atoms with Gasteiger partial charge in [-0.1, -0.05) is 0 Å². The normalized spacial score (nSPS) is 20.2. The third-order valence-electron chi connectivity index (χ3n) is 2.91. The van der Waals surface area contributed by atoms with Crippen molar-refractivity contribution in [1.29, 1.82) is 0 Å². The number of thioether (sulfide) groups is 1. The minimum Gasteiger partial charge on any atom is -0.385 e. The van der Waals surface area contributed by atoms with Crippen molar-refractivity contribution in [3.8, 4) is 0 Å². The van der Waals surface area contributed by atoms with E-state index in [0.29, 0.717) is 6.04 Å². The lowest BCUT2D eigenvalue weighted by atomic mass is 10.2. The molecule has 0 saturated carbocycles. The third kappa shape index (κ3) is 4.22. The largest absolute Gasteiger partial charge is 0.385 e. The van der Waals surface area contributed by atoms with Crippen molar-refractivity contribution in [2.45, 2.75) is 17.4 Å². The number of rotatable bonds is 5. The van der Waals surface area contributed by atoms with Crippen LogP contribution in [0.1, 0.15) is 6.42 Å². The number of morpholine rings is 1. The van der Waals surface area contributed by atoms with E-state index in [2.05, 4.69) is 41.2 Å². The second-order valence-electron chi connectivity index (χ2n) is 4.17. The smallest absolute Gasteiger partial charge is 0.0620 e. The Morgan fingerprint density at radius 2 is 2.24 bits per heavy atom. The second-order valence-corrected chi connectivity index (χ2v) is 5.05. The van der Waals surface area contributed by atoms with Crippen LogP contribution < -0.4 is 10.6 Å². The molecule has 2 rings (SSSR count). The van der Waals surface area contributed by atoms with Gasteiger partial charge in [0.05, 0.1) is 13.2 Å². The third-order valence-corrected chi connectivity index (χ3v) is 3.65. The molecule has 1 aromatic rings. The van der Waals surface area contributed by atoms with Crippen LogP contribution in [-0.2, 0) is 4.74 Å². The number of nitrogens with one attached hydrogen (secondary N) is 2. The predicted molar refractivity (Wildman–Crippen MR) is 73.9 cm³/mol. The van der Waals surface area contributed by atoms with Crippen LogP contribution in [-0.4, -0.2) is 38.6 Å². The summed E-state index contributed by atoms with van der Waals surface area (Å²) in [5.41, 5.74) is 1.19. The van der Waals surface area contributed by atoms with Gasteiger partial charge in [0.25, 0.3) is 0 Å². The molecule has 1 saturated heterocycles. The zero-order valence-corrected chi connectivity index (χ0v) is 11.1. The first kappa shape index (κ1) is 12.7. The molecule has 4 heteroatoms. The van der Waals surface area contributed by atoms with Gasteiger partial charge in [-0.15, -0.1) is 11.8 Å². The molecule has 0 bridgehead atoms. The fourth-order valence-electron chi connectivity index (χ4n) is 1.90. The molecule has 1 aliphatic rings. The standard InChI is InChI=1S/C13H20N2OS/c1-17-13-4-2-11(3-5-13)14-7-6-12-10-16-9-8-15-12/h2-5,12,14-15H,6-10H2,1H3. The van der Waals surface area contributed by atoms with E-state index in [9.17, 15) is 0 Å².